The van der Waals surface area contributed by atoms with Crippen LogP contribution < -0.4 is 11.1 Å². The molecule has 1 fully saturated rings. The summed E-state index contributed by atoms with van der Waals surface area (Å²) in [5.41, 5.74) is 7.59. The first-order chi connectivity index (χ1) is 6.40. The summed E-state index contributed by atoms with van der Waals surface area (Å²) in [6.45, 7) is 1.92. The smallest absolute Gasteiger partial charge is 0.0794 e. The second-order valence-electron chi connectivity index (χ2n) is 3.52. The van der Waals surface area contributed by atoms with Crippen molar-refractivity contribution in [3.05, 3.63) is 16.6 Å². The van der Waals surface area contributed by atoms with Gasteiger partial charge in [0.25, 0.3) is 0 Å². The van der Waals surface area contributed by atoms with E-state index in [-0.39, 0.29) is 0 Å². The van der Waals surface area contributed by atoms with Gasteiger partial charge in [0.15, 0.2) is 0 Å². The number of rotatable bonds is 3. The third kappa shape index (κ3) is 2.07. The van der Waals surface area contributed by atoms with Crippen molar-refractivity contribution >= 4 is 11.3 Å². The third-order valence-electron chi connectivity index (χ3n) is 2.70. The molecule has 13 heavy (non-hydrogen) atoms. The van der Waals surface area contributed by atoms with E-state index in [2.05, 4.69) is 10.3 Å². The normalized spacial score (nSPS) is 28.1. The molecule has 1 aromatic heterocycles. The summed E-state index contributed by atoms with van der Waals surface area (Å²) in [6, 6.07) is 0.574. The summed E-state index contributed by atoms with van der Waals surface area (Å²) in [5, 5.41) is 3.49. The highest BCUT2D eigenvalue weighted by Gasteiger charge is 2.25. The van der Waals surface area contributed by atoms with Gasteiger partial charge in [0.1, 0.15) is 0 Å². The minimum Gasteiger partial charge on any atom is -0.330 e. The highest BCUT2D eigenvalue weighted by molar-refractivity contribution is 7.09. The molecule has 3 N–H and O–H groups in total. The molecule has 2 heterocycles. The molecular weight excluding hydrogens is 182 g/mol. The minimum atomic E-state index is 0.574. The van der Waals surface area contributed by atoms with E-state index in [1.165, 1.54) is 11.3 Å². The quantitative estimate of drug-likeness (QED) is 0.747. The van der Waals surface area contributed by atoms with Gasteiger partial charge in [-0.3, -0.25) is 4.98 Å². The molecule has 0 aliphatic carbocycles. The fourth-order valence-electron chi connectivity index (χ4n) is 1.90. The van der Waals surface area contributed by atoms with Crippen LogP contribution in [0.4, 0.5) is 0 Å². The van der Waals surface area contributed by atoms with E-state index in [1.807, 2.05) is 11.7 Å². The van der Waals surface area contributed by atoms with Crippen molar-refractivity contribution < 1.29 is 0 Å². The van der Waals surface area contributed by atoms with Crippen LogP contribution in [0, 0.1) is 5.92 Å². The number of thiazole rings is 1. The van der Waals surface area contributed by atoms with Gasteiger partial charge in [-0.25, -0.2) is 0 Å². The van der Waals surface area contributed by atoms with Gasteiger partial charge in [0, 0.05) is 17.1 Å². The topological polar surface area (TPSA) is 50.9 Å². The van der Waals surface area contributed by atoms with Gasteiger partial charge in [-0.1, -0.05) is 0 Å². The first-order valence-electron chi connectivity index (χ1n) is 4.71. The van der Waals surface area contributed by atoms with Crippen molar-refractivity contribution in [2.75, 3.05) is 13.1 Å². The summed E-state index contributed by atoms with van der Waals surface area (Å²) in [6.07, 6.45) is 4.27. The lowest BCUT2D eigenvalue weighted by atomic mass is 9.98. The van der Waals surface area contributed by atoms with E-state index in [4.69, 9.17) is 5.73 Å². The van der Waals surface area contributed by atoms with E-state index in [1.54, 1.807) is 11.3 Å². The zero-order valence-electron chi connectivity index (χ0n) is 7.57. The van der Waals surface area contributed by atoms with Gasteiger partial charge < -0.3 is 11.1 Å². The number of hydrogen-bond donors (Lipinski definition) is 2. The molecule has 1 aliphatic rings. The second kappa shape index (κ2) is 4.17. The molecule has 0 radical (unpaired) electrons. The molecule has 0 spiro atoms. The molecule has 2 atom stereocenters. The Morgan fingerprint density at radius 1 is 1.69 bits per heavy atom. The Bertz CT molecular complexity index is 247. The second-order valence-corrected chi connectivity index (χ2v) is 4.49. The Morgan fingerprint density at radius 3 is 3.31 bits per heavy atom. The number of nitrogens with one attached hydrogen (secondary N) is 1. The summed E-state index contributed by atoms with van der Waals surface area (Å²) < 4.78 is 0. The van der Waals surface area contributed by atoms with Crippen LogP contribution in [0.1, 0.15) is 11.3 Å². The Labute approximate surface area is 82.4 Å². The number of hydrogen-bond acceptors (Lipinski definition) is 4. The fraction of sp³-hybridized carbons (Fsp3) is 0.667. The molecular formula is C9H15N3S. The molecule has 2 rings (SSSR count). The van der Waals surface area contributed by atoms with Crippen molar-refractivity contribution in [1.29, 1.82) is 0 Å². The van der Waals surface area contributed by atoms with Gasteiger partial charge in [0.05, 0.1) is 5.51 Å². The number of nitrogens with zero attached hydrogens (tertiary/aromatic N) is 1. The molecule has 4 heteroatoms. The van der Waals surface area contributed by atoms with Crippen LogP contribution in [0.15, 0.2) is 11.7 Å². The summed E-state index contributed by atoms with van der Waals surface area (Å²) >= 11 is 1.73. The molecule has 1 aromatic rings. The van der Waals surface area contributed by atoms with E-state index >= 15 is 0 Å². The third-order valence-corrected chi connectivity index (χ3v) is 3.50. The van der Waals surface area contributed by atoms with Gasteiger partial charge in [-0.05, 0) is 31.8 Å². The lowest BCUT2D eigenvalue weighted by Gasteiger charge is -2.16. The van der Waals surface area contributed by atoms with Gasteiger partial charge >= 0.3 is 0 Å². The van der Waals surface area contributed by atoms with Gasteiger partial charge in [0.2, 0.25) is 0 Å². The van der Waals surface area contributed by atoms with Crippen LogP contribution in [0.5, 0.6) is 0 Å². The minimum absolute atomic E-state index is 0.574. The zero-order valence-corrected chi connectivity index (χ0v) is 8.39. The first kappa shape index (κ1) is 9.12. The highest BCUT2D eigenvalue weighted by Crippen LogP contribution is 2.19. The SMILES string of the molecule is NCC1CCNC1Cc1cncs1. The zero-order chi connectivity index (χ0) is 9.10. The molecule has 0 bridgehead atoms. The summed E-state index contributed by atoms with van der Waals surface area (Å²) in [7, 11) is 0. The van der Waals surface area contributed by atoms with Crippen LogP contribution in [0.2, 0.25) is 0 Å². The first-order valence-corrected chi connectivity index (χ1v) is 5.59. The average Bonchev–Trinajstić information content (AvgIpc) is 2.76. The maximum Gasteiger partial charge on any atom is 0.0794 e. The largest absolute Gasteiger partial charge is 0.330 e. The van der Waals surface area contributed by atoms with Gasteiger partial charge in [-0.15, -0.1) is 11.3 Å². The van der Waals surface area contributed by atoms with Crippen LogP contribution in [0.25, 0.3) is 0 Å². The standard InChI is InChI=1S/C9H15N3S/c10-4-7-1-2-12-9(7)3-8-5-11-6-13-8/h5-7,9,12H,1-4,10H2. The van der Waals surface area contributed by atoms with Gasteiger partial charge in [-0.2, -0.15) is 0 Å². The Morgan fingerprint density at radius 2 is 2.62 bits per heavy atom. The number of aromatic nitrogens is 1. The monoisotopic (exact) mass is 197 g/mol. The molecule has 1 aliphatic heterocycles. The molecule has 0 amide bonds. The molecule has 2 unspecified atom stereocenters. The number of nitrogens with two attached hydrogens (primary N) is 1. The molecule has 0 aromatic carbocycles. The maximum atomic E-state index is 5.70. The Hall–Kier alpha value is -0.450. The van der Waals surface area contributed by atoms with Crippen LogP contribution in [0.3, 0.4) is 0 Å². The van der Waals surface area contributed by atoms with Crippen LogP contribution >= 0.6 is 11.3 Å². The van der Waals surface area contributed by atoms with E-state index in [0.717, 1.165) is 19.5 Å². The molecule has 1 saturated heterocycles. The summed E-state index contributed by atoms with van der Waals surface area (Å²) in [5.74, 6) is 0.655. The summed E-state index contributed by atoms with van der Waals surface area (Å²) in [4.78, 5) is 5.43. The fourth-order valence-corrected chi connectivity index (χ4v) is 2.56. The van der Waals surface area contributed by atoms with Crippen molar-refractivity contribution in [3.8, 4) is 0 Å². The predicted molar refractivity (Wildman–Crippen MR) is 54.8 cm³/mol. The Kier molecular flexibility index (Phi) is 2.93. The van der Waals surface area contributed by atoms with Crippen molar-refractivity contribution in [3.63, 3.8) is 0 Å². The van der Waals surface area contributed by atoms with Crippen LogP contribution in [-0.2, 0) is 6.42 Å². The molecule has 0 saturated carbocycles. The van der Waals surface area contributed by atoms with Crippen LogP contribution in [-0.4, -0.2) is 24.1 Å². The van der Waals surface area contributed by atoms with E-state index in [9.17, 15) is 0 Å². The molecule has 72 valence electrons. The van der Waals surface area contributed by atoms with Crippen molar-refractivity contribution in [2.24, 2.45) is 11.7 Å². The van der Waals surface area contributed by atoms with E-state index < -0.39 is 0 Å². The average molecular weight is 197 g/mol. The van der Waals surface area contributed by atoms with Crippen molar-refractivity contribution in [1.82, 2.24) is 10.3 Å². The highest BCUT2D eigenvalue weighted by atomic mass is 32.1. The predicted octanol–water partition coefficient (Wildman–Crippen LogP) is 0.622. The lowest BCUT2D eigenvalue weighted by Crippen LogP contribution is -2.32. The molecule has 3 nitrogen and oxygen atoms in total. The van der Waals surface area contributed by atoms with Crippen molar-refractivity contribution in [2.45, 2.75) is 18.9 Å². The Balaban J connectivity index is 1.94. The van der Waals surface area contributed by atoms with E-state index in [0.29, 0.717) is 12.0 Å². The maximum absolute atomic E-state index is 5.70. The lowest BCUT2D eigenvalue weighted by molar-refractivity contribution is 0.456.